The van der Waals surface area contributed by atoms with Gasteiger partial charge in [0.05, 0.1) is 10.7 Å². The highest BCUT2D eigenvalue weighted by atomic mass is 79.9. The molecule has 1 aliphatic heterocycles. The van der Waals surface area contributed by atoms with E-state index >= 15 is 0 Å². The van der Waals surface area contributed by atoms with Gasteiger partial charge in [-0.05, 0) is 33.6 Å². The minimum atomic E-state index is 0.622. The molecule has 0 spiro atoms. The van der Waals surface area contributed by atoms with Crippen molar-refractivity contribution in [1.29, 1.82) is 0 Å². The molecule has 4 heteroatoms. The smallest absolute Gasteiger partial charge is 0.0682 e. The fraction of sp³-hybridized carbons (Fsp3) is 0.150. The zero-order chi connectivity index (χ0) is 17.7. The fourth-order valence-corrected chi connectivity index (χ4v) is 3.19. The molecule has 24 heavy (non-hydrogen) atoms. The zero-order valence-electron chi connectivity index (χ0n) is 14.1. The van der Waals surface area contributed by atoms with Crippen LogP contribution >= 0.6 is 27.5 Å². The molecular weight excluding hydrogens is 384 g/mol. The van der Waals surface area contributed by atoms with Crippen molar-refractivity contribution in [1.82, 2.24) is 9.88 Å². The van der Waals surface area contributed by atoms with Gasteiger partial charge in [0.15, 0.2) is 0 Å². The summed E-state index contributed by atoms with van der Waals surface area (Å²) in [6.45, 7) is 8.13. The molecule has 1 aromatic carbocycles. The van der Waals surface area contributed by atoms with Crippen LogP contribution in [0.2, 0.25) is 5.02 Å². The summed E-state index contributed by atoms with van der Waals surface area (Å²) in [6.07, 6.45) is 5.50. The average molecular weight is 404 g/mol. The third-order valence-electron chi connectivity index (χ3n) is 3.65. The molecule has 3 rings (SSSR count). The maximum atomic E-state index is 6.37. The fourth-order valence-electron chi connectivity index (χ4n) is 2.49. The highest BCUT2D eigenvalue weighted by Crippen LogP contribution is 2.41. The van der Waals surface area contributed by atoms with Crippen molar-refractivity contribution in [2.45, 2.75) is 13.8 Å². The normalized spacial score (nSPS) is 14.1. The van der Waals surface area contributed by atoms with Crippen molar-refractivity contribution in [2.75, 3.05) is 7.05 Å². The largest absolute Gasteiger partial charge is 0.343 e. The quantitative estimate of drug-likeness (QED) is 0.579. The monoisotopic (exact) mass is 402 g/mol. The van der Waals surface area contributed by atoms with Crippen molar-refractivity contribution >= 4 is 38.8 Å². The minimum absolute atomic E-state index is 0.622. The molecule has 0 bridgehead atoms. The van der Waals surface area contributed by atoms with Gasteiger partial charge in [-0.15, -0.1) is 0 Å². The van der Waals surface area contributed by atoms with E-state index in [1.54, 1.807) is 12.4 Å². The molecule has 0 radical (unpaired) electrons. The van der Waals surface area contributed by atoms with E-state index < -0.39 is 0 Å². The summed E-state index contributed by atoms with van der Waals surface area (Å²) in [7, 11) is 1.99. The second-order valence-electron chi connectivity index (χ2n) is 4.98. The number of likely N-dealkylation sites (N-methyl/N-ethyl adjacent to an activating group) is 1. The van der Waals surface area contributed by atoms with E-state index in [4.69, 9.17) is 11.6 Å². The Labute approximate surface area is 157 Å². The van der Waals surface area contributed by atoms with E-state index in [9.17, 15) is 0 Å². The van der Waals surface area contributed by atoms with Crippen LogP contribution in [0.4, 0.5) is 0 Å². The molecule has 0 N–H and O–H groups in total. The molecule has 0 saturated heterocycles. The van der Waals surface area contributed by atoms with Crippen molar-refractivity contribution in [3.05, 3.63) is 87.8 Å². The Morgan fingerprint density at radius 3 is 2.42 bits per heavy atom. The summed E-state index contributed by atoms with van der Waals surface area (Å²) >= 11 is 9.97. The Hall–Kier alpha value is -1.84. The molecule has 0 atom stereocenters. The van der Waals surface area contributed by atoms with Crippen LogP contribution in [0.5, 0.6) is 0 Å². The second kappa shape index (κ2) is 8.32. The van der Waals surface area contributed by atoms with Crippen LogP contribution in [0.1, 0.15) is 25.0 Å². The minimum Gasteiger partial charge on any atom is -0.343 e. The Bertz CT molecular complexity index is 794. The summed E-state index contributed by atoms with van der Waals surface area (Å²) in [6, 6.07) is 12.2. The Morgan fingerprint density at radius 2 is 1.79 bits per heavy atom. The lowest BCUT2D eigenvalue weighted by Gasteiger charge is -2.31. The van der Waals surface area contributed by atoms with Gasteiger partial charge in [0.2, 0.25) is 0 Å². The third-order valence-corrected chi connectivity index (χ3v) is 4.64. The Balaban J connectivity index is 0.00000100. The number of pyridine rings is 1. The van der Waals surface area contributed by atoms with Crippen LogP contribution in [-0.2, 0) is 0 Å². The second-order valence-corrected chi connectivity index (χ2v) is 6.24. The predicted molar refractivity (Wildman–Crippen MR) is 108 cm³/mol. The van der Waals surface area contributed by atoms with Crippen LogP contribution in [0.15, 0.2) is 71.6 Å². The van der Waals surface area contributed by atoms with Gasteiger partial charge in [0, 0.05) is 40.8 Å². The molecule has 124 valence electrons. The maximum absolute atomic E-state index is 6.37. The first-order valence-corrected chi connectivity index (χ1v) is 8.96. The number of rotatable bonds is 2. The third kappa shape index (κ3) is 3.63. The number of aromatic nitrogens is 1. The molecule has 2 nitrogen and oxygen atoms in total. The number of nitrogens with zero attached hydrogens (tertiary/aromatic N) is 2. The van der Waals surface area contributed by atoms with E-state index in [-0.39, 0.29) is 0 Å². The number of allylic oxidation sites excluding steroid dienone is 3. The van der Waals surface area contributed by atoms with Gasteiger partial charge < -0.3 is 4.90 Å². The first-order chi connectivity index (χ1) is 11.6. The topological polar surface area (TPSA) is 16.1 Å². The molecule has 0 aliphatic carbocycles. The van der Waals surface area contributed by atoms with E-state index in [0.717, 1.165) is 32.6 Å². The number of benzene rings is 1. The summed E-state index contributed by atoms with van der Waals surface area (Å²) in [5, 5.41) is 0.622. The van der Waals surface area contributed by atoms with Crippen LogP contribution in [0.25, 0.3) is 11.3 Å². The number of halogens is 2. The van der Waals surface area contributed by atoms with E-state index in [2.05, 4.69) is 45.7 Å². The molecule has 2 aromatic rings. The standard InChI is InChI=1S/C18H14BrClN2.C2H6/c1-12-16(19)10-15(13-6-4-3-5-7-13)18(22(12)2)14-8-9-21-11-17(14)20;1-2/h3-11H,1H2,2H3;1-2H3. The van der Waals surface area contributed by atoms with E-state index in [1.807, 2.05) is 50.1 Å². The lowest BCUT2D eigenvalue weighted by atomic mass is 9.95. The maximum Gasteiger partial charge on any atom is 0.0682 e. The average Bonchev–Trinajstić information content (AvgIpc) is 2.63. The summed E-state index contributed by atoms with van der Waals surface area (Å²) in [5.41, 5.74) is 5.07. The van der Waals surface area contributed by atoms with Gasteiger partial charge in [-0.3, -0.25) is 4.98 Å². The van der Waals surface area contributed by atoms with E-state index in [1.165, 1.54) is 0 Å². The lowest BCUT2D eigenvalue weighted by molar-refractivity contribution is 0.615. The highest BCUT2D eigenvalue weighted by molar-refractivity contribution is 9.12. The van der Waals surface area contributed by atoms with Crippen molar-refractivity contribution < 1.29 is 0 Å². The first-order valence-electron chi connectivity index (χ1n) is 7.79. The van der Waals surface area contributed by atoms with Crippen LogP contribution < -0.4 is 0 Å². The molecule has 0 unspecified atom stereocenters. The molecule has 1 aromatic heterocycles. The Kier molecular flexibility index (Phi) is 6.41. The van der Waals surface area contributed by atoms with Gasteiger partial charge in [-0.25, -0.2) is 0 Å². The van der Waals surface area contributed by atoms with Crippen molar-refractivity contribution in [3.63, 3.8) is 0 Å². The van der Waals surface area contributed by atoms with Crippen LogP contribution in [0.3, 0.4) is 0 Å². The van der Waals surface area contributed by atoms with E-state index in [0.29, 0.717) is 5.02 Å². The zero-order valence-corrected chi connectivity index (χ0v) is 16.4. The van der Waals surface area contributed by atoms with Gasteiger partial charge in [0.1, 0.15) is 0 Å². The SMILES string of the molecule is C=C1C(Br)=CC(c2ccccc2)=C(c2ccncc2Cl)N1C.CC. The molecular formula is C20H20BrClN2. The summed E-state index contributed by atoms with van der Waals surface area (Å²) in [4.78, 5) is 6.13. The highest BCUT2D eigenvalue weighted by Gasteiger charge is 2.24. The summed E-state index contributed by atoms with van der Waals surface area (Å²) < 4.78 is 0.961. The van der Waals surface area contributed by atoms with Crippen LogP contribution in [-0.4, -0.2) is 16.9 Å². The van der Waals surface area contributed by atoms with Gasteiger partial charge >= 0.3 is 0 Å². The molecule has 2 heterocycles. The molecule has 1 aliphatic rings. The van der Waals surface area contributed by atoms with Gasteiger partial charge in [0.25, 0.3) is 0 Å². The predicted octanol–water partition coefficient (Wildman–Crippen LogP) is 6.37. The Morgan fingerprint density at radius 1 is 1.12 bits per heavy atom. The first kappa shape index (κ1) is 18.5. The number of hydrogen-bond acceptors (Lipinski definition) is 2. The lowest BCUT2D eigenvalue weighted by Crippen LogP contribution is -2.20. The van der Waals surface area contributed by atoms with Crippen molar-refractivity contribution in [2.24, 2.45) is 0 Å². The van der Waals surface area contributed by atoms with Crippen molar-refractivity contribution in [3.8, 4) is 0 Å². The van der Waals surface area contributed by atoms with Gasteiger partial charge in [-0.1, -0.05) is 62.4 Å². The molecule has 0 saturated carbocycles. The van der Waals surface area contributed by atoms with Gasteiger partial charge in [-0.2, -0.15) is 0 Å². The number of hydrogen-bond donors (Lipinski definition) is 0. The molecule has 0 fully saturated rings. The summed E-state index contributed by atoms with van der Waals surface area (Å²) in [5.74, 6) is 0. The van der Waals surface area contributed by atoms with Crippen LogP contribution in [0, 0.1) is 0 Å². The molecule has 0 amide bonds.